The van der Waals surface area contributed by atoms with Crippen LogP contribution in [-0.2, 0) is 15.1 Å². The quantitative estimate of drug-likeness (QED) is 0.526. The summed E-state index contributed by atoms with van der Waals surface area (Å²) in [7, 11) is 0. The minimum absolute atomic E-state index is 0.00495. The number of anilines is 1. The fourth-order valence-corrected chi connectivity index (χ4v) is 3.81. The first-order valence-electron chi connectivity index (χ1n) is 9.89. The molecule has 0 radical (unpaired) electrons. The van der Waals surface area contributed by atoms with Gasteiger partial charge in [0, 0.05) is 11.6 Å². The molecule has 2 N–H and O–H groups in total. The second kappa shape index (κ2) is 7.95. The van der Waals surface area contributed by atoms with Gasteiger partial charge in [-0.2, -0.15) is 0 Å². The molecular formula is C22H20FN3O6. The molecule has 32 heavy (non-hydrogen) atoms. The third kappa shape index (κ3) is 3.53. The van der Waals surface area contributed by atoms with Crippen LogP contribution in [0.3, 0.4) is 0 Å². The molecule has 2 aromatic carbocycles. The van der Waals surface area contributed by atoms with E-state index in [-0.39, 0.29) is 30.2 Å². The van der Waals surface area contributed by atoms with Gasteiger partial charge < -0.3 is 20.1 Å². The molecule has 0 aromatic heterocycles. The maximum Gasteiger partial charge on any atom is 0.325 e. The van der Waals surface area contributed by atoms with Gasteiger partial charge in [0.25, 0.3) is 5.91 Å². The predicted octanol–water partition coefficient (Wildman–Crippen LogP) is 2.55. The zero-order valence-electron chi connectivity index (χ0n) is 17.4. The molecule has 0 bridgehead atoms. The number of fused-ring (bicyclic) bond motifs is 1. The molecule has 166 valence electrons. The van der Waals surface area contributed by atoms with E-state index in [0.717, 1.165) is 4.90 Å². The van der Waals surface area contributed by atoms with E-state index in [2.05, 4.69) is 10.6 Å². The highest BCUT2D eigenvalue weighted by Gasteiger charge is 2.51. The largest absolute Gasteiger partial charge is 0.454 e. The average Bonchev–Trinajstić information content (AvgIpc) is 3.31. The second-order valence-electron chi connectivity index (χ2n) is 7.44. The van der Waals surface area contributed by atoms with Crippen molar-refractivity contribution in [2.45, 2.75) is 25.8 Å². The lowest BCUT2D eigenvalue weighted by molar-refractivity contribution is -0.134. The minimum Gasteiger partial charge on any atom is -0.454 e. The normalized spacial score (nSPS) is 19.2. The number of rotatable bonds is 6. The van der Waals surface area contributed by atoms with E-state index in [1.54, 1.807) is 6.92 Å². The van der Waals surface area contributed by atoms with E-state index in [4.69, 9.17) is 9.47 Å². The summed E-state index contributed by atoms with van der Waals surface area (Å²) in [5, 5.41) is 5.19. The van der Waals surface area contributed by atoms with E-state index in [1.807, 2.05) is 0 Å². The van der Waals surface area contributed by atoms with E-state index >= 15 is 0 Å². The summed E-state index contributed by atoms with van der Waals surface area (Å²) >= 11 is 0. The van der Waals surface area contributed by atoms with Gasteiger partial charge in [0.1, 0.15) is 17.9 Å². The van der Waals surface area contributed by atoms with Crippen LogP contribution in [0.1, 0.15) is 36.2 Å². The van der Waals surface area contributed by atoms with Gasteiger partial charge in [0.15, 0.2) is 17.3 Å². The van der Waals surface area contributed by atoms with Crippen LogP contribution < -0.4 is 20.1 Å². The van der Waals surface area contributed by atoms with Crippen LogP contribution in [0.4, 0.5) is 14.9 Å². The van der Waals surface area contributed by atoms with Gasteiger partial charge in [0.05, 0.1) is 5.69 Å². The van der Waals surface area contributed by atoms with Crippen molar-refractivity contribution in [3.05, 3.63) is 53.3 Å². The highest BCUT2D eigenvalue weighted by molar-refractivity contribution is 6.11. The summed E-state index contributed by atoms with van der Waals surface area (Å²) in [6, 6.07) is 7.42. The molecule has 4 rings (SSSR count). The molecule has 9 nitrogen and oxygen atoms in total. The highest BCUT2D eigenvalue weighted by atomic mass is 19.1. The van der Waals surface area contributed by atoms with Crippen molar-refractivity contribution in [1.29, 1.82) is 0 Å². The number of ketones is 1. The summed E-state index contributed by atoms with van der Waals surface area (Å²) in [6.07, 6.45) is 0.206. The number of urea groups is 1. The number of nitrogens with one attached hydrogen (secondary N) is 2. The molecule has 2 aromatic rings. The Morgan fingerprint density at radius 3 is 2.44 bits per heavy atom. The van der Waals surface area contributed by atoms with Crippen molar-refractivity contribution < 1.29 is 33.0 Å². The number of halogens is 1. The summed E-state index contributed by atoms with van der Waals surface area (Å²) < 4.78 is 23.9. The molecule has 2 heterocycles. The van der Waals surface area contributed by atoms with E-state index in [9.17, 15) is 23.6 Å². The van der Waals surface area contributed by atoms with Crippen molar-refractivity contribution >= 4 is 29.3 Å². The first-order chi connectivity index (χ1) is 15.2. The monoisotopic (exact) mass is 441 g/mol. The molecule has 1 fully saturated rings. The lowest BCUT2D eigenvalue weighted by Crippen LogP contribution is -2.44. The number of hydrogen-bond acceptors (Lipinski definition) is 6. The molecule has 1 atom stereocenters. The number of carbonyl (C=O) groups is 4. The summed E-state index contributed by atoms with van der Waals surface area (Å²) in [4.78, 5) is 51.2. The summed E-state index contributed by atoms with van der Waals surface area (Å²) in [5.41, 5.74) is -0.598. The van der Waals surface area contributed by atoms with Gasteiger partial charge in [0.2, 0.25) is 12.7 Å². The van der Waals surface area contributed by atoms with Crippen molar-refractivity contribution in [3.63, 3.8) is 0 Å². The number of hydrogen-bond donors (Lipinski definition) is 2. The van der Waals surface area contributed by atoms with Crippen molar-refractivity contribution in [2.24, 2.45) is 0 Å². The van der Waals surface area contributed by atoms with Crippen LogP contribution in [0.2, 0.25) is 0 Å². The Hall–Kier alpha value is -3.95. The molecule has 2 aliphatic heterocycles. The van der Waals surface area contributed by atoms with Crippen LogP contribution in [0.5, 0.6) is 11.5 Å². The Labute approximate surface area is 182 Å². The number of nitrogens with zero attached hydrogens (tertiary/aromatic N) is 1. The standard InChI is InChI=1S/C22H20FN3O6/c1-3-22(13-4-6-14(23)7-5-13)20(29)26(21(30)25-22)10-19(28)24-16-9-18-17(31-11-32-18)8-15(16)12(2)27/h4-9H,3,10-11H2,1-2H3,(H,24,28)(H,25,30)/t22-/m1/s1. The lowest BCUT2D eigenvalue weighted by atomic mass is 9.87. The Balaban J connectivity index is 1.55. The maximum atomic E-state index is 13.3. The second-order valence-corrected chi connectivity index (χ2v) is 7.44. The zero-order chi connectivity index (χ0) is 23.0. The number of ether oxygens (including phenoxy) is 2. The van der Waals surface area contributed by atoms with Gasteiger partial charge >= 0.3 is 6.03 Å². The summed E-state index contributed by atoms with van der Waals surface area (Å²) in [6.45, 7) is 2.47. The van der Waals surface area contributed by atoms with Gasteiger partial charge in [-0.1, -0.05) is 19.1 Å². The van der Waals surface area contributed by atoms with Crippen LogP contribution in [0.15, 0.2) is 36.4 Å². The van der Waals surface area contributed by atoms with E-state index in [1.165, 1.54) is 43.3 Å². The minimum atomic E-state index is -1.39. The van der Waals surface area contributed by atoms with Crippen LogP contribution in [0, 0.1) is 5.82 Å². The molecule has 4 amide bonds. The van der Waals surface area contributed by atoms with E-state index in [0.29, 0.717) is 17.1 Å². The first kappa shape index (κ1) is 21.3. The fourth-order valence-electron chi connectivity index (χ4n) is 3.81. The fraction of sp³-hybridized carbons (Fsp3) is 0.273. The SMILES string of the molecule is CC[C@]1(c2ccc(F)cc2)NC(=O)N(CC(=O)Nc2cc3c(cc2C(C)=O)OCO3)C1=O. The van der Waals surface area contributed by atoms with E-state index < -0.39 is 35.7 Å². The zero-order valence-corrected chi connectivity index (χ0v) is 17.4. The summed E-state index contributed by atoms with van der Waals surface area (Å²) in [5.74, 6) is -1.34. The topological polar surface area (TPSA) is 114 Å². The number of imide groups is 1. The van der Waals surface area contributed by atoms with Crippen LogP contribution >= 0.6 is 0 Å². The third-order valence-electron chi connectivity index (χ3n) is 5.51. The van der Waals surface area contributed by atoms with Gasteiger partial charge in [-0.05, 0) is 37.1 Å². The average molecular weight is 441 g/mol. The molecule has 0 saturated carbocycles. The number of benzene rings is 2. The Bertz CT molecular complexity index is 1130. The highest BCUT2D eigenvalue weighted by Crippen LogP contribution is 2.37. The number of carbonyl (C=O) groups excluding carboxylic acids is 4. The molecule has 0 unspecified atom stereocenters. The number of Topliss-reactive ketones (excluding diaryl/α,β-unsaturated/α-hetero) is 1. The van der Waals surface area contributed by atoms with Crippen molar-refractivity contribution in [3.8, 4) is 11.5 Å². The molecule has 10 heteroatoms. The molecule has 2 aliphatic rings. The Kier molecular flexibility index (Phi) is 5.29. The van der Waals surface area contributed by atoms with Gasteiger partial charge in [-0.15, -0.1) is 0 Å². The third-order valence-corrected chi connectivity index (χ3v) is 5.51. The van der Waals surface area contributed by atoms with Gasteiger partial charge in [-0.3, -0.25) is 19.3 Å². The van der Waals surface area contributed by atoms with Crippen LogP contribution in [0.25, 0.3) is 0 Å². The van der Waals surface area contributed by atoms with Crippen molar-refractivity contribution in [1.82, 2.24) is 10.2 Å². The predicted molar refractivity (Wildman–Crippen MR) is 110 cm³/mol. The first-order valence-corrected chi connectivity index (χ1v) is 9.89. The molecular weight excluding hydrogens is 421 g/mol. The maximum absolute atomic E-state index is 13.3. The smallest absolute Gasteiger partial charge is 0.325 e. The molecule has 0 aliphatic carbocycles. The Morgan fingerprint density at radius 2 is 1.81 bits per heavy atom. The van der Waals surface area contributed by atoms with Crippen LogP contribution in [-0.4, -0.2) is 41.9 Å². The number of amides is 4. The lowest BCUT2D eigenvalue weighted by Gasteiger charge is -2.25. The van der Waals surface area contributed by atoms with Crippen molar-refractivity contribution in [2.75, 3.05) is 18.7 Å². The Morgan fingerprint density at radius 1 is 1.16 bits per heavy atom. The van der Waals surface area contributed by atoms with Gasteiger partial charge in [-0.25, -0.2) is 9.18 Å². The molecule has 0 spiro atoms. The molecule has 1 saturated heterocycles.